The zero-order chi connectivity index (χ0) is 22.0. The van der Waals surface area contributed by atoms with Gasteiger partial charge in [0.05, 0.1) is 18.2 Å². The molecule has 0 heterocycles. The molecule has 0 aliphatic heterocycles. The van der Waals surface area contributed by atoms with Crippen molar-refractivity contribution in [3.05, 3.63) is 100 Å². The van der Waals surface area contributed by atoms with Gasteiger partial charge in [-0.05, 0) is 29.8 Å². The fraction of sp³-hybridized carbons (Fsp3) is 0.0800. The number of carbonyl (C=O) groups is 3. The van der Waals surface area contributed by atoms with Crippen LogP contribution < -0.4 is 9.47 Å². The number of benzene rings is 3. The predicted octanol–water partition coefficient (Wildman–Crippen LogP) is 4.44. The molecule has 4 rings (SSSR count). The second-order valence-electron chi connectivity index (χ2n) is 6.93. The summed E-state index contributed by atoms with van der Waals surface area (Å²) in [4.78, 5) is 36.7. The lowest BCUT2D eigenvalue weighted by atomic mass is 10.1. The number of ether oxygens (including phenoxy) is 2. The number of hydrogen-bond donors (Lipinski definition) is 1. The zero-order valence-corrected chi connectivity index (χ0v) is 16.6. The molecule has 0 saturated carbocycles. The third-order valence-corrected chi connectivity index (χ3v) is 4.99. The van der Waals surface area contributed by atoms with Crippen LogP contribution in [0.25, 0.3) is 6.08 Å². The molecule has 0 atom stereocenters. The van der Waals surface area contributed by atoms with Gasteiger partial charge in [0.15, 0.2) is 23.1 Å². The van der Waals surface area contributed by atoms with Crippen molar-refractivity contribution in [1.29, 1.82) is 0 Å². The van der Waals surface area contributed by atoms with E-state index in [4.69, 9.17) is 9.47 Å². The summed E-state index contributed by atoms with van der Waals surface area (Å²) in [6.45, 7) is 0.0831. The van der Waals surface area contributed by atoms with Crippen molar-refractivity contribution in [3.8, 4) is 11.5 Å². The molecule has 6 nitrogen and oxygen atoms in total. The highest BCUT2D eigenvalue weighted by Gasteiger charge is 2.32. The molecular weight excluding hydrogens is 396 g/mol. The molecule has 0 unspecified atom stereocenters. The lowest BCUT2D eigenvalue weighted by molar-refractivity contribution is 0.0696. The molecule has 3 aromatic carbocycles. The minimum atomic E-state index is -1.03. The van der Waals surface area contributed by atoms with Crippen LogP contribution in [0.3, 0.4) is 0 Å². The first kappa shape index (κ1) is 20.1. The Kier molecular flexibility index (Phi) is 5.37. The fourth-order valence-electron chi connectivity index (χ4n) is 3.47. The van der Waals surface area contributed by atoms with Crippen LogP contribution in [0.15, 0.2) is 72.3 Å². The molecule has 0 radical (unpaired) electrons. The summed E-state index contributed by atoms with van der Waals surface area (Å²) in [6.07, 6.45) is 1.51. The van der Waals surface area contributed by atoms with Gasteiger partial charge >= 0.3 is 5.97 Å². The first-order chi connectivity index (χ1) is 15.0. The average molecular weight is 414 g/mol. The first-order valence-corrected chi connectivity index (χ1v) is 9.51. The summed E-state index contributed by atoms with van der Waals surface area (Å²) in [7, 11) is 1.49. The van der Waals surface area contributed by atoms with Crippen LogP contribution in [0.2, 0.25) is 0 Å². The maximum absolute atomic E-state index is 12.7. The van der Waals surface area contributed by atoms with Crippen molar-refractivity contribution >= 4 is 23.6 Å². The number of allylic oxidation sites excluding steroid dienone is 1. The van der Waals surface area contributed by atoms with Crippen molar-refractivity contribution in [2.75, 3.05) is 7.11 Å². The van der Waals surface area contributed by atoms with Crippen molar-refractivity contribution < 1.29 is 29.0 Å². The van der Waals surface area contributed by atoms with Crippen LogP contribution in [-0.4, -0.2) is 29.8 Å². The van der Waals surface area contributed by atoms with E-state index >= 15 is 0 Å². The Balaban J connectivity index is 1.68. The standard InChI is InChI=1S/C25H18O6/c1-30-21-11-5-7-16(13-20-22(26)18-9-2-3-10-19(18)23(20)27)24(21)31-14-15-6-4-8-17(12-15)25(28)29/h2-13H,14H2,1H3,(H,28,29). The monoisotopic (exact) mass is 414 g/mol. The molecule has 1 aliphatic carbocycles. The van der Waals surface area contributed by atoms with Gasteiger partial charge in [0.2, 0.25) is 0 Å². The van der Waals surface area contributed by atoms with Crippen LogP contribution in [0.5, 0.6) is 11.5 Å². The Morgan fingerprint density at radius 1 is 0.935 bits per heavy atom. The topological polar surface area (TPSA) is 89.9 Å². The molecule has 0 bridgehead atoms. The summed E-state index contributed by atoms with van der Waals surface area (Å²) < 4.78 is 11.4. The van der Waals surface area contributed by atoms with Gasteiger partial charge in [-0.2, -0.15) is 0 Å². The maximum atomic E-state index is 12.7. The normalized spacial score (nSPS) is 12.5. The lowest BCUT2D eigenvalue weighted by Crippen LogP contribution is -2.04. The zero-order valence-electron chi connectivity index (χ0n) is 16.6. The molecule has 31 heavy (non-hydrogen) atoms. The van der Waals surface area contributed by atoms with Crippen molar-refractivity contribution in [3.63, 3.8) is 0 Å². The largest absolute Gasteiger partial charge is 0.493 e. The third kappa shape index (κ3) is 3.83. The molecule has 6 heteroatoms. The lowest BCUT2D eigenvalue weighted by Gasteiger charge is -2.14. The fourth-order valence-corrected chi connectivity index (χ4v) is 3.47. The number of carboxylic acid groups (broad SMARTS) is 1. The number of para-hydroxylation sites is 1. The van der Waals surface area contributed by atoms with E-state index in [1.54, 1.807) is 54.6 Å². The molecular formula is C25H18O6. The smallest absolute Gasteiger partial charge is 0.335 e. The van der Waals surface area contributed by atoms with Crippen molar-refractivity contribution in [2.24, 2.45) is 0 Å². The van der Waals surface area contributed by atoms with E-state index in [-0.39, 0.29) is 29.3 Å². The quantitative estimate of drug-likeness (QED) is 0.474. The van der Waals surface area contributed by atoms with Gasteiger partial charge in [-0.3, -0.25) is 9.59 Å². The highest BCUT2D eigenvalue weighted by atomic mass is 16.5. The van der Waals surface area contributed by atoms with Crippen LogP contribution in [0.1, 0.15) is 42.2 Å². The molecule has 154 valence electrons. The number of rotatable bonds is 6. The van der Waals surface area contributed by atoms with E-state index in [2.05, 4.69) is 0 Å². The highest BCUT2D eigenvalue weighted by molar-refractivity contribution is 6.41. The molecule has 0 amide bonds. The van der Waals surface area contributed by atoms with Crippen LogP contribution >= 0.6 is 0 Å². The summed E-state index contributed by atoms with van der Waals surface area (Å²) in [5.41, 5.74) is 2.16. The second-order valence-corrected chi connectivity index (χ2v) is 6.93. The number of aromatic carboxylic acids is 1. The highest BCUT2D eigenvalue weighted by Crippen LogP contribution is 2.35. The number of fused-ring (bicyclic) bond motifs is 1. The SMILES string of the molecule is COc1cccc(C=C2C(=O)c3ccccc3C2=O)c1OCc1cccc(C(=O)O)c1. The van der Waals surface area contributed by atoms with Gasteiger partial charge in [-0.15, -0.1) is 0 Å². The second kappa shape index (κ2) is 8.28. The van der Waals surface area contributed by atoms with Crippen LogP contribution in [0.4, 0.5) is 0 Å². The molecule has 0 aromatic heterocycles. The maximum Gasteiger partial charge on any atom is 0.335 e. The van der Waals surface area contributed by atoms with Crippen molar-refractivity contribution in [2.45, 2.75) is 6.61 Å². The van der Waals surface area contributed by atoms with E-state index < -0.39 is 5.97 Å². The van der Waals surface area contributed by atoms with E-state index in [1.165, 1.54) is 25.3 Å². The Morgan fingerprint density at radius 3 is 2.26 bits per heavy atom. The van der Waals surface area contributed by atoms with E-state index in [9.17, 15) is 19.5 Å². The number of Topliss-reactive ketones (excluding diaryl/α,β-unsaturated/α-hetero) is 2. The molecule has 0 spiro atoms. The average Bonchev–Trinajstić information content (AvgIpc) is 3.03. The van der Waals surface area contributed by atoms with E-state index in [1.807, 2.05) is 0 Å². The Morgan fingerprint density at radius 2 is 1.61 bits per heavy atom. The number of carbonyl (C=O) groups excluding carboxylic acids is 2. The van der Waals surface area contributed by atoms with Gasteiger partial charge in [-0.25, -0.2) is 4.79 Å². The molecule has 0 saturated heterocycles. The summed E-state index contributed by atoms with van der Waals surface area (Å²) >= 11 is 0. The Hall–Kier alpha value is -4.19. The van der Waals surface area contributed by atoms with Gasteiger partial charge in [0.1, 0.15) is 6.61 Å². The molecule has 3 aromatic rings. The summed E-state index contributed by atoms with van der Waals surface area (Å²) in [5, 5.41) is 9.17. The summed E-state index contributed by atoms with van der Waals surface area (Å²) in [5.74, 6) is -0.900. The third-order valence-electron chi connectivity index (χ3n) is 4.99. The van der Waals surface area contributed by atoms with Gasteiger partial charge in [0.25, 0.3) is 0 Å². The van der Waals surface area contributed by atoms with Crippen molar-refractivity contribution in [1.82, 2.24) is 0 Å². The van der Waals surface area contributed by atoms with E-state index in [0.29, 0.717) is 33.8 Å². The van der Waals surface area contributed by atoms with Crippen LogP contribution in [-0.2, 0) is 6.61 Å². The number of hydrogen-bond acceptors (Lipinski definition) is 5. The van der Waals surface area contributed by atoms with Gasteiger partial charge in [-0.1, -0.05) is 48.5 Å². The summed E-state index contributed by atoms with van der Waals surface area (Å²) in [6, 6.07) is 18.3. The minimum absolute atomic E-state index is 0.0622. The minimum Gasteiger partial charge on any atom is -0.493 e. The number of ketones is 2. The predicted molar refractivity (Wildman–Crippen MR) is 114 cm³/mol. The number of methoxy groups -OCH3 is 1. The van der Waals surface area contributed by atoms with Crippen LogP contribution in [0, 0.1) is 0 Å². The van der Waals surface area contributed by atoms with E-state index in [0.717, 1.165) is 0 Å². The first-order valence-electron chi connectivity index (χ1n) is 9.51. The molecule has 1 N–H and O–H groups in total. The van der Waals surface area contributed by atoms with Gasteiger partial charge < -0.3 is 14.6 Å². The molecule has 1 aliphatic rings. The molecule has 0 fully saturated rings. The number of carboxylic acids is 1. The Bertz CT molecular complexity index is 1200. The Labute approximate surface area is 178 Å². The van der Waals surface area contributed by atoms with Gasteiger partial charge in [0, 0.05) is 16.7 Å².